The van der Waals surface area contributed by atoms with Crippen molar-refractivity contribution < 1.29 is 118 Å². The number of aromatic nitrogens is 1. The normalized spacial score (nSPS) is 35.4. The van der Waals surface area contributed by atoms with Crippen molar-refractivity contribution in [2.45, 2.75) is 197 Å². The monoisotopic (exact) mass is 1570 g/mol. The fraction of sp³-hybridized carbons (Fsp3) is 0.597. The molecule has 0 spiro atoms. The van der Waals surface area contributed by atoms with Crippen LogP contribution in [0.15, 0.2) is 69.6 Å². The van der Waals surface area contributed by atoms with Gasteiger partial charge in [0.25, 0.3) is 11.7 Å². The van der Waals surface area contributed by atoms with E-state index in [9.17, 15) is 80.5 Å². The van der Waals surface area contributed by atoms with Crippen LogP contribution in [0.1, 0.15) is 95.1 Å². The minimum atomic E-state index is -2.38. The fourth-order valence-corrected chi connectivity index (χ4v) is 14.0. The number of aliphatic imine (C=N–C) groups is 2. The number of aliphatic hydroxyl groups excluding tert-OH is 8. The van der Waals surface area contributed by atoms with Gasteiger partial charge in [-0.2, -0.15) is 5.10 Å². The number of rotatable bonds is 15. The summed E-state index contributed by atoms with van der Waals surface area (Å²) >= 11 is 4.82. The van der Waals surface area contributed by atoms with Crippen LogP contribution in [0.2, 0.25) is 0 Å². The number of aryl methyl sites for hydroxylation is 1. The molecule has 1 aliphatic carbocycles. The highest BCUT2D eigenvalue weighted by Gasteiger charge is 2.61. The number of pyridine rings is 1. The quantitative estimate of drug-likeness (QED) is 0.0142. The van der Waals surface area contributed by atoms with Gasteiger partial charge in [-0.15, -0.1) is 0 Å². The molecule has 4 fully saturated rings. The first-order valence-electron chi connectivity index (χ1n) is 35.7. The van der Waals surface area contributed by atoms with Gasteiger partial charge < -0.3 is 143 Å². The maximum atomic E-state index is 14.4. The summed E-state index contributed by atoms with van der Waals surface area (Å²) in [6, 6.07) is -0.341. The number of allylic oxidation sites excluding steroid dienone is 2. The number of anilines is 1. The molecule has 1 amide bonds. The standard InChI is InChI=1S/C43H58N4O12.C21H39N7O12.C8H10N2S/c1-21-12-11-13-22(2)42(55)45-33-28(20-44-47-17-15-46(9)16-18-47)37(52)30-31(38(33)53)36(51)26(6)40-32(30)41(54)43(8,59-40)57-19-14-29(56-10)23(3)39(58-27(7)48)25(5)35(50)24(4)34(21)49;1-5-21(36,4-30)16(40-17-9(26-2)13(34)10(31)6(3-29)38-17)18(37-5)39-15-8(28-20(24)25)11(32)7(27-19(22)23)12(33)14(15)35;1-2-7-5-6(8(9)11)3-4-10-7/h11-14,19-21,23-25,29,34-35,39,49-53H,15-18H2,1-10H3,(H,45,55);4-18,26,29,31-36H,3H2,1-2H3,(H4,22,23,27)(H4,24,25,28);3-5H,2H2,1H3,(H2,9,11)/b12-11+,19-14+,22-13-,44-20-;;/t21-,23-,24+,25+,29-,34+,35+,39+,43-;5-,6-,7+,8-,9-,10-,11+,12-,13-,14+,15+,16-,17-,18-,21+;/m00./s1. The molecule has 6 aliphatic heterocycles. The number of likely N-dealkylation sites (N-methyl/N-ethyl adjacent to an activating group) is 2. The molecular weight excluding hydrogens is 1460 g/mol. The van der Waals surface area contributed by atoms with Crippen molar-refractivity contribution in [1.82, 2.24) is 20.2 Å². The molecule has 0 unspecified atom stereocenters. The number of hydrogen-bond donors (Lipinski definition) is 19. The van der Waals surface area contributed by atoms with E-state index in [-0.39, 0.29) is 50.8 Å². The van der Waals surface area contributed by atoms with E-state index < -0.39 is 199 Å². The van der Waals surface area contributed by atoms with E-state index in [4.69, 9.17) is 78.8 Å². The summed E-state index contributed by atoms with van der Waals surface area (Å²) in [5.74, 6) is -9.38. The number of benzene rings is 2. The Morgan fingerprint density at radius 2 is 1.46 bits per heavy atom. The summed E-state index contributed by atoms with van der Waals surface area (Å²) in [4.78, 5) is 66.9. The van der Waals surface area contributed by atoms with Crippen molar-refractivity contribution in [2.24, 2.45) is 67.4 Å². The Bertz CT molecular complexity index is 3950. The Morgan fingerprint density at radius 3 is 2.05 bits per heavy atom. The third-order valence-corrected chi connectivity index (χ3v) is 20.9. The minimum Gasteiger partial charge on any atom is -0.507 e. The zero-order valence-corrected chi connectivity index (χ0v) is 64.3. The van der Waals surface area contributed by atoms with E-state index in [2.05, 4.69) is 35.6 Å². The lowest BCUT2D eigenvalue weighted by Gasteiger charge is -2.45. The number of hydrogen-bond acceptors (Lipinski definition) is 32. The number of phenols is 3. The first kappa shape index (κ1) is 88.8. The molecular formula is C72H107N13O24S. The van der Waals surface area contributed by atoms with Crippen molar-refractivity contribution in [1.29, 1.82) is 0 Å². The Hall–Kier alpha value is -8.39. The summed E-state index contributed by atoms with van der Waals surface area (Å²) < 4.78 is 46.5. The number of amides is 1. The summed E-state index contributed by atoms with van der Waals surface area (Å²) in [5.41, 5.74) is 26.4. The number of aromatic hydroxyl groups is 3. The predicted molar refractivity (Wildman–Crippen MR) is 403 cm³/mol. The molecule has 5 bridgehead atoms. The number of carbonyl (C=O) groups excluding carboxylic acids is 4. The highest BCUT2D eigenvalue weighted by molar-refractivity contribution is 7.80. The zero-order valence-electron chi connectivity index (χ0n) is 63.5. The SMILES string of the molecule is CCc1cc(C(N)=S)ccn1.CN[C@@H]1[C@H](O[C@H]2[C@H](O[C@H]3[C@H](O)[C@@H](O)[C@H](N=C(N)N)[C@@H](O)[C@@H]3N=C(N)N)O[C@@H](C)[C@]2(O)C=O)O[C@@H](CO)[C@H](O)[C@H]1O.CO[C@H]1/C=C/O[C@@]2(C)Oc3c(C)c(O)c4c(O)c(c(/C=N\N5CCN(C)CC5)c(O)c4c3C2=O)NC(=O)/C(C)=C\C=C\[C@H](C)[C@@H](O)[C@@H](C)[C@@H](O)[C@@H](C)[C@H](OC(C)=O)[C@H]1C. The lowest BCUT2D eigenvalue weighted by Crippen LogP contribution is -2.66. The lowest BCUT2D eigenvalue weighted by atomic mass is 9.78. The van der Waals surface area contributed by atoms with Crippen molar-refractivity contribution in [3.8, 4) is 23.0 Å². The number of nitrogens with zero attached hydrogens (tertiary/aromatic N) is 6. The second-order valence-corrected chi connectivity index (χ2v) is 28.7. The summed E-state index contributed by atoms with van der Waals surface area (Å²) in [5, 5.41) is 143. The maximum Gasteiger partial charge on any atom is 0.312 e. The van der Waals surface area contributed by atoms with Gasteiger partial charge in [0.1, 0.15) is 89.3 Å². The number of ketones is 1. The van der Waals surface area contributed by atoms with Crippen LogP contribution in [0.5, 0.6) is 23.0 Å². The van der Waals surface area contributed by atoms with Gasteiger partial charge in [0, 0.05) is 105 Å². The average molecular weight is 1570 g/mol. The number of fused-ring (bicyclic) bond motifs is 14. The predicted octanol–water partition coefficient (Wildman–Crippen LogP) is -2.55. The van der Waals surface area contributed by atoms with Gasteiger partial charge in [-0.1, -0.05) is 65.1 Å². The third kappa shape index (κ3) is 19.4. The zero-order chi connectivity index (χ0) is 82.0. The first-order valence-corrected chi connectivity index (χ1v) is 36.1. The number of carbonyl (C=O) groups is 4. The number of ether oxygens (including phenoxy) is 8. The van der Waals surface area contributed by atoms with Crippen LogP contribution in [0.4, 0.5) is 5.69 Å². The van der Waals surface area contributed by atoms with Gasteiger partial charge in [0.2, 0.25) is 0 Å². The molecule has 38 heteroatoms. The molecule has 7 heterocycles. The number of methoxy groups -OCH3 is 1. The number of aldehydes is 1. The van der Waals surface area contributed by atoms with Crippen LogP contribution in [-0.2, 0) is 54.0 Å². The van der Waals surface area contributed by atoms with Gasteiger partial charge >= 0.3 is 11.8 Å². The lowest BCUT2D eigenvalue weighted by molar-refractivity contribution is -0.314. The second-order valence-electron chi connectivity index (χ2n) is 28.3. The Morgan fingerprint density at radius 1 is 0.818 bits per heavy atom. The van der Waals surface area contributed by atoms with E-state index in [1.54, 1.807) is 51.1 Å². The number of phenolic OH excluding ortho intramolecular Hbond substituents is 3. The smallest absolute Gasteiger partial charge is 0.312 e. The molecule has 10 rings (SSSR count). The van der Waals surface area contributed by atoms with E-state index in [1.165, 1.54) is 73.4 Å². The molecule has 24 atom stereocenters. The molecule has 2 aromatic carbocycles. The van der Waals surface area contributed by atoms with Crippen LogP contribution >= 0.6 is 12.2 Å². The molecule has 1 saturated carbocycles. The van der Waals surface area contributed by atoms with Crippen molar-refractivity contribution in [3.05, 3.63) is 82.4 Å². The Balaban J connectivity index is 0.000000282. The average Bonchev–Trinajstić information content (AvgIpc) is 1.50. The van der Waals surface area contributed by atoms with Crippen molar-refractivity contribution >= 4 is 75.7 Å². The van der Waals surface area contributed by atoms with Gasteiger partial charge in [-0.3, -0.25) is 29.2 Å². The number of nitrogens with one attached hydrogen (secondary N) is 2. The number of hydrazone groups is 1. The van der Waals surface area contributed by atoms with Crippen LogP contribution in [-0.4, -0.2) is 299 Å². The van der Waals surface area contributed by atoms with Gasteiger partial charge in [-0.05, 0) is 59.5 Å². The summed E-state index contributed by atoms with van der Waals surface area (Å²) in [7, 11) is 4.84. The molecule has 3 saturated heterocycles. The van der Waals surface area contributed by atoms with Gasteiger partial charge in [0.05, 0.1) is 71.7 Å². The third-order valence-electron chi connectivity index (χ3n) is 20.7. The Labute approximate surface area is 641 Å². The number of thiocarbonyl (C=S) groups is 1. The maximum absolute atomic E-state index is 14.4. The van der Waals surface area contributed by atoms with E-state index in [1.807, 2.05) is 26.1 Å². The topological polar surface area (TPSA) is 595 Å². The molecule has 1 aromatic heterocycles. The molecule has 610 valence electrons. The van der Waals surface area contributed by atoms with Gasteiger partial charge in [0.15, 0.2) is 42.1 Å². The van der Waals surface area contributed by atoms with Crippen LogP contribution in [0.3, 0.4) is 0 Å². The molecule has 37 nitrogen and oxygen atoms in total. The molecule has 7 aliphatic rings. The molecule has 0 radical (unpaired) electrons. The molecule has 24 N–H and O–H groups in total. The Kier molecular flexibility index (Phi) is 30.5. The summed E-state index contributed by atoms with van der Waals surface area (Å²) in [6.07, 6.45) is -9.82. The van der Waals surface area contributed by atoms with E-state index in [0.29, 0.717) is 18.1 Å². The molecule has 110 heavy (non-hydrogen) atoms. The largest absolute Gasteiger partial charge is 0.507 e. The molecule has 3 aromatic rings. The number of nitrogens with two attached hydrogens (primary N) is 5. The fourth-order valence-electron chi connectivity index (χ4n) is 13.8. The summed E-state index contributed by atoms with van der Waals surface area (Å²) in [6.45, 7) is 17.8. The van der Waals surface area contributed by atoms with Crippen LogP contribution in [0, 0.1) is 30.6 Å². The minimum absolute atomic E-state index is 0.0559. The number of Topliss-reactive ketones (excluding diaryl/α,β-unsaturated/α-hetero) is 1. The van der Waals surface area contributed by atoms with Crippen LogP contribution in [0.25, 0.3) is 10.8 Å². The van der Waals surface area contributed by atoms with E-state index in [0.717, 1.165) is 30.8 Å². The number of guanidine groups is 2. The second kappa shape index (κ2) is 37.8. The van der Waals surface area contributed by atoms with Gasteiger partial charge in [-0.25, -0.2) is 9.98 Å². The van der Waals surface area contributed by atoms with Crippen molar-refractivity contribution in [3.63, 3.8) is 0 Å². The highest BCUT2D eigenvalue weighted by Crippen LogP contribution is 2.55. The number of aliphatic hydroxyl groups is 9. The first-order chi connectivity index (χ1) is 51.7. The number of esters is 1. The van der Waals surface area contributed by atoms with E-state index >= 15 is 0 Å². The highest BCUT2D eigenvalue weighted by atomic mass is 32.1. The van der Waals surface area contributed by atoms with Crippen LogP contribution < -0.4 is 44.0 Å². The number of piperazine rings is 1. The van der Waals surface area contributed by atoms with Crippen molar-refractivity contribution in [2.75, 3.05) is 59.3 Å².